The highest BCUT2D eigenvalue weighted by Gasteiger charge is 2.42. The predicted octanol–water partition coefficient (Wildman–Crippen LogP) is -0.0812. The number of hydrogen-bond donors (Lipinski definition) is 1. The van der Waals surface area contributed by atoms with E-state index in [9.17, 15) is 13.2 Å². The molecule has 0 bridgehead atoms. The molecule has 0 radical (unpaired) electrons. The minimum Gasteiger partial charge on any atom is -0.481 e. The van der Waals surface area contributed by atoms with Crippen LogP contribution in [0.2, 0.25) is 0 Å². The van der Waals surface area contributed by atoms with Crippen LogP contribution in [0.1, 0.15) is 6.92 Å². The van der Waals surface area contributed by atoms with Crippen LogP contribution in [0.15, 0.2) is 9.63 Å². The summed E-state index contributed by atoms with van der Waals surface area (Å²) in [5, 5.41) is 16.2. The summed E-state index contributed by atoms with van der Waals surface area (Å²) in [5.74, 6) is -1.89. The van der Waals surface area contributed by atoms with E-state index in [2.05, 4.69) is 26.2 Å². The van der Waals surface area contributed by atoms with Gasteiger partial charge in [0.15, 0.2) is 4.60 Å². The van der Waals surface area contributed by atoms with Crippen molar-refractivity contribution >= 4 is 31.9 Å². The summed E-state index contributed by atoms with van der Waals surface area (Å²) in [4.78, 5) is 11.0. The van der Waals surface area contributed by atoms with Crippen molar-refractivity contribution in [1.82, 2.24) is 19.3 Å². The molecule has 0 saturated carbocycles. The smallest absolute Gasteiger partial charge is 0.308 e. The molecule has 1 N–H and O–H groups in total. The van der Waals surface area contributed by atoms with Gasteiger partial charge in [-0.25, -0.2) is 13.1 Å². The standard InChI is InChI=1S/C9H13BrN4O4S/c1-5-3-14(4-6(5)9(15)16)19(17,18)8-7(10)11-12-13(8)2/h5-6H,3-4H2,1-2H3,(H,15,16)/t5-,6-/m1/s1. The zero-order chi connectivity index (χ0) is 14.4. The number of nitrogens with zero attached hydrogens (tertiary/aromatic N) is 4. The van der Waals surface area contributed by atoms with Crippen molar-refractivity contribution in [3.8, 4) is 0 Å². The third-order valence-corrected chi connectivity index (χ3v) is 5.94. The molecule has 0 spiro atoms. The van der Waals surface area contributed by atoms with Gasteiger partial charge in [-0.3, -0.25) is 4.79 Å². The zero-order valence-corrected chi connectivity index (χ0v) is 12.7. The maximum Gasteiger partial charge on any atom is 0.308 e. The van der Waals surface area contributed by atoms with Gasteiger partial charge in [0.05, 0.1) is 5.92 Å². The van der Waals surface area contributed by atoms with Crippen LogP contribution < -0.4 is 0 Å². The number of carbonyl (C=O) groups is 1. The summed E-state index contributed by atoms with van der Waals surface area (Å²) in [6.07, 6.45) is 0. The summed E-state index contributed by atoms with van der Waals surface area (Å²) in [7, 11) is -2.32. The average Bonchev–Trinajstić information content (AvgIpc) is 2.83. The van der Waals surface area contributed by atoms with Crippen molar-refractivity contribution in [2.45, 2.75) is 11.9 Å². The monoisotopic (exact) mass is 352 g/mol. The Bertz CT molecular complexity index is 594. The number of aryl methyl sites for hydroxylation is 1. The summed E-state index contributed by atoms with van der Waals surface area (Å²) in [6, 6.07) is 0. The second-order valence-corrected chi connectivity index (χ2v) is 7.16. The largest absolute Gasteiger partial charge is 0.481 e. The Morgan fingerprint density at radius 1 is 1.47 bits per heavy atom. The lowest BCUT2D eigenvalue weighted by molar-refractivity contribution is -0.142. The van der Waals surface area contributed by atoms with E-state index < -0.39 is 21.9 Å². The Morgan fingerprint density at radius 3 is 2.53 bits per heavy atom. The van der Waals surface area contributed by atoms with Crippen LogP contribution in [0.4, 0.5) is 0 Å². The fourth-order valence-electron chi connectivity index (χ4n) is 2.16. The first kappa shape index (κ1) is 14.4. The first-order valence-corrected chi connectivity index (χ1v) is 7.76. The Balaban J connectivity index is 2.35. The van der Waals surface area contributed by atoms with E-state index in [0.29, 0.717) is 0 Å². The number of carboxylic acids is 1. The number of halogens is 1. The molecule has 2 rings (SSSR count). The molecule has 0 amide bonds. The lowest BCUT2D eigenvalue weighted by atomic mass is 9.99. The topological polar surface area (TPSA) is 105 Å². The van der Waals surface area contributed by atoms with E-state index in [1.54, 1.807) is 6.92 Å². The van der Waals surface area contributed by atoms with E-state index in [1.165, 1.54) is 11.4 Å². The average molecular weight is 353 g/mol. The van der Waals surface area contributed by atoms with Crippen molar-refractivity contribution in [3.05, 3.63) is 4.60 Å². The van der Waals surface area contributed by atoms with Crippen LogP contribution in [0.25, 0.3) is 0 Å². The van der Waals surface area contributed by atoms with E-state index in [4.69, 9.17) is 5.11 Å². The van der Waals surface area contributed by atoms with Gasteiger partial charge in [-0.15, -0.1) is 5.10 Å². The zero-order valence-electron chi connectivity index (χ0n) is 10.3. The molecular weight excluding hydrogens is 340 g/mol. The van der Waals surface area contributed by atoms with Crippen LogP contribution in [0.5, 0.6) is 0 Å². The molecule has 1 aromatic heterocycles. The first-order valence-electron chi connectivity index (χ1n) is 5.53. The van der Waals surface area contributed by atoms with E-state index in [0.717, 1.165) is 4.68 Å². The van der Waals surface area contributed by atoms with Gasteiger partial charge >= 0.3 is 5.97 Å². The molecule has 19 heavy (non-hydrogen) atoms. The molecule has 1 aliphatic heterocycles. The van der Waals surface area contributed by atoms with Crippen LogP contribution >= 0.6 is 15.9 Å². The molecule has 10 heteroatoms. The summed E-state index contributed by atoms with van der Waals surface area (Å²) in [5.41, 5.74) is 0. The number of aliphatic carboxylic acids is 1. The van der Waals surface area contributed by atoms with E-state index in [-0.39, 0.29) is 28.6 Å². The van der Waals surface area contributed by atoms with Crippen molar-refractivity contribution in [1.29, 1.82) is 0 Å². The minimum absolute atomic E-state index is 0.0313. The quantitative estimate of drug-likeness (QED) is 0.815. The lowest BCUT2D eigenvalue weighted by Gasteiger charge is -2.15. The Hall–Kier alpha value is -1.00. The predicted molar refractivity (Wildman–Crippen MR) is 67.8 cm³/mol. The number of aromatic nitrogens is 3. The molecule has 2 atom stereocenters. The second kappa shape index (κ2) is 4.84. The number of sulfonamides is 1. The number of carboxylic acid groups (broad SMARTS) is 1. The molecule has 1 saturated heterocycles. The van der Waals surface area contributed by atoms with Gasteiger partial charge in [-0.2, -0.15) is 4.31 Å². The van der Waals surface area contributed by atoms with Crippen molar-refractivity contribution in [2.24, 2.45) is 18.9 Å². The van der Waals surface area contributed by atoms with Gasteiger partial charge in [0.1, 0.15) is 0 Å². The molecule has 0 aliphatic carbocycles. The molecule has 1 fully saturated rings. The van der Waals surface area contributed by atoms with Crippen molar-refractivity contribution in [2.75, 3.05) is 13.1 Å². The SMILES string of the molecule is C[C@@H]1CN(S(=O)(=O)c2c(Br)nnn2C)C[C@H]1C(=O)O. The van der Waals surface area contributed by atoms with Crippen LogP contribution in [0, 0.1) is 11.8 Å². The third-order valence-electron chi connectivity index (χ3n) is 3.22. The van der Waals surface area contributed by atoms with Gasteiger partial charge in [0, 0.05) is 20.1 Å². The maximum absolute atomic E-state index is 12.5. The second-order valence-electron chi connectivity index (χ2n) is 4.55. The van der Waals surface area contributed by atoms with Gasteiger partial charge < -0.3 is 5.11 Å². The summed E-state index contributed by atoms with van der Waals surface area (Å²) >= 11 is 3.04. The van der Waals surface area contributed by atoms with Gasteiger partial charge in [0.2, 0.25) is 5.03 Å². The Morgan fingerprint density at radius 2 is 2.11 bits per heavy atom. The molecule has 0 unspecified atom stereocenters. The van der Waals surface area contributed by atoms with Gasteiger partial charge in [-0.1, -0.05) is 12.1 Å². The highest BCUT2D eigenvalue weighted by atomic mass is 79.9. The highest BCUT2D eigenvalue weighted by molar-refractivity contribution is 9.10. The first-order chi connectivity index (χ1) is 8.75. The number of hydrogen-bond acceptors (Lipinski definition) is 5. The maximum atomic E-state index is 12.5. The number of rotatable bonds is 3. The lowest BCUT2D eigenvalue weighted by Crippen LogP contribution is -2.31. The van der Waals surface area contributed by atoms with E-state index in [1.807, 2.05) is 0 Å². The molecule has 8 nitrogen and oxygen atoms in total. The van der Waals surface area contributed by atoms with Crippen molar-refractivity contribution in [3.63, 3.8) is 0 Å². The van der Waals surface area contributed by atoms with Gasteiger partial charge in [0.25, 0.3) is 10.0 Å². The van der Waals surface area contributed by atoms with E-state index >= 15 is 0 Å². The third kappa shape index (κ3) is 2.39. The highest BCUT2D eigenvalue weighted by Crippen LogP contribution is 2.30. The molecule has 106 valence electrons. The molecule has 2 heterocycles. The van der Waals surface area contributed by atoms with Crippen LogP contribution in [0.3, 0.4) is 0 Å². The normalized spacial score (nSPS) is 24.8. The fraction of sp³-hybridized carbons (Fsp3) is 0.667. The fourth-order valence-corrected chi connectivity index (χ4v) is 4.76. The molecule has 0 aromatic carbocycles. The Kier molecular flexibility index (Phi) is 3.67. The summed E-state index contributed by atoms with van der Waals surface area (Å²) in [6.45, 7) is 1.87. The van der Waals surface area contributed by atoms with Gasteiger partial charge in [-0.05, 0) is 21.8 Å². The van der Waals surface area contributed by atoms with Crippen molar-refractivity contribution < 1.29 is 18.3 Å². The minimum atomic E-state index is -3.79. The summed E-state index contributed by atoms with van der Waals surface area (Å²) < 4.78 is 27.4. The molecular formula is C9H13BrN4O4S. The molecule has 1 aromatic rings. The van der Waals surface area contributed by atoms with Crippen LogP contribution in [-0.2, 0) is 21.9 Å². The molecule has 1 aliphatic rings. The Labute approximate surface area is 118 Å². The van der Waals surface area contributed by atoms with Crippen LogP contribution in [-0.4, -0.2) is 51.9 Å².